The quantitative estimate of drug-likeness (QED) is 0.814. The Bertz CT molecular complexity index is 536. The highest BCUT2D eigenvalue weighted by atomic mass is 16.5. The van der Waals surface area contributed by atoms with Crippen molar-refractivity contribution in [3.05, 3.63) is 29.3 Å². The van der Waals surface area contributed by atoms with Gasteiger partial charge in [0.05, 0.1) is 11.6 Å². The van der Waals surface area contributed by atoms with E-state index < -0.39 is 5.54 Å². The fraction of sp³-hybridized carbons (Fsp3) is 0.611. The zero-order valence-corrected chi connectivity index (χ0v) is 14.1. The number of amides is 1. The van der Waals surface area contributed by atoms with Crippen molar-refractivity contribution in [3.8, 4) is 5.75 Å². The number of rotatable bonds is 7. The molecule has 1 atom stereocenters. The van der Waals surface area contributed by atoms with Crippen LogP contribution in [0.4, 0.5) is 0 Å². The van der Waals surface area contributed by atoms with Crippen molar-refractivity contribution in [1.29, 1.82) is 0 Å². The minimum Gasteiger partial charge on any atom is -0.490 e. The monoisotopic (exact) mass is 304 g/mol. The predicted molar refractivity (Wildman–Crippen MR) is 88.7 cm³/mol. The number of carbonyl (C=O) groups excluding carboxylic acids is 1. The normalized spacial score (nSPS) is 17.2. The molecule has 4 nitrogen and oxygen atoms in total. The molecule has 0 saturated heterocycles. The molecule has 4 heteroatoms. The van der Waals surface area contributed by atoms with Gasteiger partial charge in [-0.05, 0) is 50.7 Å². The summed E-state index contributed by atoms with van der Waals surface area (Å²) in [7, 11) is 0. The number of hydrogen-bond donors (Lipinski definition) is 2. The average molecular weight is 304 g/mol. The molecule has 1 unspecified atom stereocenters. The van der Waals surface area contributed by atoms with Gasteiger partial charge >= 0.3 is 0 Å². The first kappa shape index (κ1) is 16.8. The highest BCUT2D eigenvalue weighted by Crippen LogP contribution is 2.32. The van der Waals surface area contributed by atoms with Crippen LogP contribution in [0.3, 0.4) is 0 Å². The largest absolute Gasteiger partial charge is 0.490 e. The summed E-state index contributed by atoms with van der Waals surface area (Å²) in [6, 6.07) is 6.09. The Morgan fingerprint density at radius 3 is 2.64 bits per heavy atom. The molecule has 2 rings (SSSR count). The van der Waals surface area contributed by atoms with E-state index in [1.807, 2.05) is 25.1 Å². The Morgan fingerprint density at radius 1 is 1.36 bits per heavy atom. The molecular formula is C18H28N2O2. The van der Waals surface area contributed by atoms with Crippen LogP contribution in [0.15, 0.2) is 18.2 Å². The Hall–Kier alpha value is -1.55. The maximum absolute atomic E-state index is 12.0. The number of nitrogens with two attached hydrogens (primary N) is 1. The van der Waals surface area contributed by atoms with E-state index in [1.54, 1.807) is 0 Å². The molecule has 1 aliphatic rings. The van der Waals surface area contributed by atoms with Gasteiger partial charge in [-0.15, -0.1) is 0 Å². The topological polar surface area (TPSA) is 64.4 Å². The van der Waals surface area contributed by atoms with Gasteiger partial charge in [-0.25, -0.2) is 0 Å². The molecule has 22 heavy (non-hydrogen) atoms. The summed E-state index contributed by atoms with van der Waals surface area (Å²) in [5.41, 5.74) is 7.43. The van der Waals surface area contributed by atoms with E-state index in [2.05, 4.69) is 26.1 Å². The Kier molecular flexibility index (Phi) is 5.12. The SMILES string of the molecule is Cc1ccc(CNC(=O)C2(N)CC2)c(OC(C)CC(C)C)c1. The maximum atomic E-state index is 12.0. The Labute approximate surface area is 133 Å². The number of carbonyl (C=O) groups is 1. The standard InChI is InChI=1S/C18H28N2O2/c1-12(2)9-14(4)22-16-10-13(3)5-6-15(16)11-20-17(21)18(19)7-8-18/h5-6,10,12,14H,7-9,11,19H2,1-4H3,(H,20,21). The summed E-state index contributed by atoms with van der Waals surface area (Å²) in [5.74, 6) is 1.39. The molecule has 1 saturated carbocycles. The highest BCUT2D eigenvalue weighted by molar-refractivity contribution is 5.88. The molecule has 0 aromatic heterocycles. The highest BCUT2D eigenvalue weighted by Gasteiger charge is 2.45. The predicted octanol–water partition coefficient (Wildman–Crippen LogP) is 2.92. The van der Waals surface area contributed by atoms with E-state index in [9.17, 15) is 4.79 Å². The van der Waals surface area contributed by atoms with Crippen molar-refractivity contribution in [2.24, 2.45) is 11.7 Å². The molecular weight excluding hydrogens is 276 g/mol. The van der Waals surface area contributed by atoms with Gasteiger partial charge in [0.1, 0.15) is 5.75 Å². The van der Waals surface area contributed by atoms with Crippen molar-refractivity contribution in [1.82, 2.24) is 5.32 Å². The summed E-state index contributed by atoms with van der Waals surface area (Å²) in [5, 5.41) is 2.93. The first-order valence-electron chi connectivity index (χ1n) is 8.13. The van der Waals surface area contributed by atoms with Crippen LogP contribution >= 0.6 is 0 Å². The lowest BCUT2D eigenvalue weighted by atomic mass is 10.1. The Balaban J connectivity index is 2.02. The maximum Gasteiger partial charge on any atom is 0.240 e. The van der Waals surface area contributed by atoms with Crippen molar-refractivity contribution in [2.45, 2.75) is 65.1 Å². The van der Waals surface area contributed by atoms with Crippen molar-refractivity contribution in [3.63, 3.8) is 0 Å². The van der Waals surface area contributed by atoms with E-state index in [0.717, 1.165) is 36.1 Å². The zero-order chi connectivity index (χ0) is 16.3. The molecule has 0 heterocycles. The van der Waals surface area contributed by atoms with Crippen LogP contribution in [0, 0.1) is 12.8 Å². The number of ether oxygens (including phenoxy) is 1. The summed E-state index contributed by atoms with van der Waals surface area (Å²) < 4.78 is 6.09. The van der Waals surface area contributed by atoms with E-state index in [1.165, 1.54) is 0 Å². The lowest BCUT2D eigenvalue weighted by molar-refractivity contribution is -0.123. The van der Waals surface area contributed by atoms with Gasteiger partial charge in [0.25, 0.3) is 0 Å². The van der Waals surface area contributed by atoms with Crippen LogP contribution < -0.4 is 15.8 Å². The van der Waals surface area contributed by atoms with Gasteiger partial charge < -0.3 is 15.8 Å². The van der Waals surface area contributed by atoms with Crippen LogP contribution in [0.1, 0.15) is 51.2 Å². The van der Waals surface area contributed by atoms with Crippen LogP contribution in [0.5, 0.6) is 5.75 Å². The summed E-state index contributed by atoms with van der Waals surface area (Å²) in [4.78, 5) is 12.0. The second-order valence-corrected chi connectivity index (χ2v) is 7.01. The first-order valence-corrected chi connectivity index (χ1v) is 8.13. The second-order valence-electron chi connectivity index (χ2n) is 7.01. The molecule has 0 aliphatic heterocycles. The fourth-order valence-electron chi connectivity index (χ4n) is 2.56. The van der Waals surface area contributed by atoms with Crippen LogP contribution in [0.25, 0.3) is 0 Å². The molecule has 1 fully saturated rings. The average Bonchev–Trinajstić information content (AvgIpc) is 3.16. The van der Waals surface area contributed by atoms with Crippen LogP contribution in [-0.4, -0.2) is 17.6 Å². The molecule has 1 amide bonds. The third-order valence-electron chi connectivity index (χ3n) is 4.03. The number of aryl methyl sites for hydroxylation is 1. The molecule has 0 spiro atoms. The van der Waals surface area contributed by atoms with Crippen molar-refractivity contribution in [2.75, 3.05) is 0 Å². The summed E-state index contributed by atoms with van der Waals surface area (Å²) in [6.07, 6.45) is 2.72. The zero-order valence-electron chi connectivity index (χ0n) is 14.1. The van der Waals surface area contributed by atoms with E-state index in [4.69, 9.17) is 10.5 Å². The van der Waals surface area contributed by atoms with Gasteiger partial charge in [0, 0.05) is 12.1 Å². The van der Waals surface area contributed by atoms with Crippen molar-refractivity contribution >= 4 is 5.91 Å². The number of nitrogens with one attached hydrogen (secondary N) is 1. The fourth-order valence-corrected chi connectivity index (χ4v) is 2.56. The lowest BCUT2D eigenvalue weighted by Gasteiger charge is -2.20. The summed E-state index contributed by atoms with van der Waals surface area (Å²) >= 11 is 0. The van der Waals surface area contributed by atoms with Gasteiger partial charge in [0.15, 0.2) is 0 Å². The lowest BCUT2D eigenvalue weighted by Crippen LogP contribution is -2.42. The second kappa shape index (κ2) is 6.69. The van der Waals surface area contributed by atoms with Gasteiger partial charge in [0.2, 0.25) is 5.91 Å². The molecule has 0 radical (unpaired) electrons. The van der Waals surface area contributed by atoms with Gasteiger partial charge in [-0.3, -0.25) is 4.79 Å². The number of benzene rings is 1. The van der Waals surface area contributed by atoms with Gasteiger partial charge in [-0.2, -0.15) is 0 Å². The molecule has 1 aliphatic carbocycles. The molecule has 1 aromatic carbocycles. The molecule has 3 N–H and O–H groups in total. The van der Waals surface area contributed by atoms with E-state index in [0.29, 0.717) is 12.5 Å². The van der Waals surface area contributed by atoms with Crippen molar-refractivity contribution < 1.29 is 9.53 Å². The molecule has 0 bridgehead atoms. The first-order chi connectivity index (χ1) is 10.3. The van der Waals surface area contributed by atoms with E-state index >= 15 is 0 Å². The van der Waals surface area contributed by atoms with Crippen LogP contribution in [0.2, 0.25) is 0 Å². The van der Waals surface area contributed by atoms with E-state index in [-0.39, 0.29) is 12.0 Å². The van der Waals surface area contributed by atoms with Crippen LogP contribution in [-0.2, 0) is 11.3 Å². The number of hydrogen-bond acceptors (Lipinski definition) is 3. The third-order valence-corrected chi connectivity index (χ3v) is 4.03. The smallest absolute Gasteiger partial charge is 0.240 e. The molecule has 122 valence electrons. The molecule has 1 aromatic rings. The third kappa shape index (κ3) is 4.47. The summed E-state index contributed by atoms with van der Waals surface area (Å²) in [6.45, 7) is 8.97. The minimum absolute atomic E-state index is 0.0609. The minimum atomic E-state index is -0.628. The Morgan fingerprint density at radius 2 is 2.05 bits per heavy atom. The van der Waals surface area contributed by atoms with Gasteiger partial charge in [-0.1, -0.05) is 26.0 Å².